The van der Waals surface area contributed by atoms with Crippen molar-refractivity contribution in [3.05, 3.63) is 29.8 Å². The highest BCUT2D eigenvalue weighted by Gasteiger charge is 2.38. The van der Waals surface area contributed by atoms with Gasteiger partial charge in [-0.3, -0.25) is 14.4 Å². The zero-order chi connectivity index (χ0) is 18.3. The van der Waals surface area contributed by atoms with Crippen molar-refractivity contribution in [2.45, 2.75) is 47.5 Å². The van der Waals surface area contributed by atoms with E-state index in [4.69, 9.17) is 0 Å². The Morgan fingerprint density at radius 2 is 1.50 bits per heavy atom. The molecule has 0 aliphatic carbocycles. The summed E-state index contributed by atoms with van der Waals surface area (Å²) in [6.07, 6.45) is 1.71. The number of carbonyl (C=O) groups excluding carboxylic acids is 3. The third-order valence-electron chi connectivity index (χ3n) is 3.93. The van der Waals surface area contributed by atoms with Crippen molar-refractivity contribution in [2.75, 3.05) is 18.4 Å². The average Bonchev–Trinajstić information content (AvgIpc) is 2.54. The lowest BCUT2D eigenvalue weighted by Gasteiger charge is -2.30. The summed E-state index contributed by atoms with van der Waals surface area (Å²) < 4.78 is 0. The first-order chi connectivity index (χ1) is 11.2. The minimum Gasteiger partial charge on any atom is -0.342 e. The van der Waals surface area contributed by atoms with Crippen LogP contribution in [0, 0.1) is 5.41 Å². The van der Waals surface area contributed by atoms with E-state index in [9.17, 15) is 14.4 Å². The van der Waals surface area contributed by atoms with Gasteiger partial charge in [-0.05, 0) is 57.9 Å². The second-order valence-electron chi connectivity index (χ2n) is 6.50. The van der Waals surface area contributed by atoms with Crippen molar-refractivity contribution in [3.8, 4) is 0 Å². The summed E-state index contributed by atoms with van der Waals surface area (Å²) in [5, 5.41) is 2.77. The Balaban J connectivity index is 2.86. The molecule has 0 aliphatic heterocycles. The molecule has 132 valence electrons. The molecule has 1 rings (SSSR count). The molecule has 1 aromatic rings. The standard InChI is InChI=1S/C19H28N2O3/c1-6-12-21(13-7-2)18(24)19(4,5)17(23)20-16-10-8-15(9-11-16)14(3)22/h8-11H,6-7,12-13H2,1-5H3,(H,20,23). The SMILES string of the molecule is CCCN(CCC)C(=O)C(C)(C)C(=O)Nc1ccc(C(C)=O)cc1. The highest BCUT2D eigenvalue weighted by atomic mass is 16.2. The molecular weight excluding hydrogens is 304 g/mol. The Morgan fingerprint density at radius 1 is 1.00 bits per heavy atom. The smallest absolute Gasteiger partial charge is 0.239 e. The third-order valence-corrected chi connectivity index (χ3v) is 3.93. The Labute approximate surface area is 144 Å². The number of nitrogens with zero attached hydrogens (tertiary/aromatic N) is 1. The number of hydrogen-bond donors (Lipinski definition) is 1. The van der Waals surface area contributed by atoms with Crippen LogP contribution in [-0.4, -0.2) is 35.6 Å². The van der Waals surface area contributed by atoms with E-state index in [-0.39, 0.29) is 17.6 Å². The number of hydrogen-bond acceptors (Lipinski definition) is 3. The van der Waals surface area contributed by atoms with Gasteiger partial charge in [0.25, 0.3) is 0 Å². The summed E-state index contributed by atoms with van der Waals surface area (Å²) in [7, 11) is 0. The van der Waals surface area contributed by atoms with Crippen molar-refractivity contribution >= 4 is 23.3 Å². The molecule has 0 unspecified atom stereocenters. The first-order valence-electron chi connectivity index (χ1n) is 8.45. The molecule has 0 aliphatic rings. The van der Waals surface area contributed by atoms with Crippen LogP contribution in [0.15, 0.2) is 24.3 Å². The third kappa shape index (κ3) is 4.91. The maximum Gasteiger partial charge on any atom is 0.239 e. The molecule has 0 saturated carbocycles. The van der Waals surface area contributed by atoms with E-state index in [0.717, 1.165) is 12.8 Å². The highest BCUT2D eigenvalue weighted by molar-refractivity contribution is 6.10. The van der Waals surface area contributed by atoms with E-state index in [1.165, 1.54) is 6.92 Å². The van der Waals surface area contributed by atoms with E-state index in [2.05, 4.69) is 5.32 Å². The summed E-state index contributed by atoms with van der Waals surface area (Å²) in [5.74, 6) is -0.539. The van der Waals surface area contributed by atoms with Gasteiger partial charge in [0.15, 0.2) is 5.78 Å². The van der Waals surface area contributed by atoms with Crippen LogP contribution in [0.1, 0.15) is 57.8 Å². The maximum atomic E-state index is 12.7. The topological polar surface area (TPSA) is 66.5 Å². The fraction of sp³-hybridized carbons (Fsp3) is 0.526. The highest BCUT2D eigenvalue weighted by Crippen LogP contribution is 2.23. The van der Waals surface area contributed by atoms with Crippen LogP contribution < -0.4 is 5.32 Å². The van der Waals surface area contributed by atoms with Gasteiger partial charge in [0.2, 0.25) is 11.8 Å². The normalized spacial score (nSPS) is 11.0. The lowest BCUT2D eigenvalue weighted by molar-refractivity contribution is -0.146. The van der Waals surface area contributed by atoms with E-state index < -0.39 is 5.41 Å². The second-order valence-corrected chi connectivity index (χ2v) is 6.50. The van der Waals surface area contributed by atoms with E-state index in [1.807, 2.05) is 13.8 Å². The fourth-order valence-electron chi connectivity index (χ4n) is 2.42. The molecule has 1 aromatic carbocycles. The predicted molar refractivity (Wildman–Crippen MR) is 96.0 cm³/mol. The second kappa shape index (κ2) is 8.62. The molecule has 0 heterocycles. The van der Waals surface area contributed by atoms with Crippen LogP contribution in [0.5, 0.6) is 0 Å². The summed E-state index contributed by atoms with van der Waals surface area (Å²) in [6.45, 7) is 10.1. The van der Waals surface area contributed by atoms with E-state index >= 15 is 0 Å². The van der Waals surface area contributed by atoms with Gasteiger partial charge in [-0.15, -0.1) is 0 Å². The summed E-state index contributed by atoms with van der Waals surface area (Å²) in [5.41, 5.74) is 0.00709. The number of nitrogens with one attached hydrogen (secondary N) is 1. The van der Waals surface area contributed by atoms with Gasteiger partial charge in [0, 0.05) is 24.3 Å². The summed E-state index contributed by atoms with van der Waals surface area (Å²) >= 11 is 0. The maximum absolute atomic E-state index is 12.7. The minimum atomic E-state index is -1.15. The molecule has 0 atom stereocenters. The average molecular weight is 332 g/mol. The molecule has 5 nitrogen and oxygen atoms in total. The molecule has 0 saturated heterocycles. The Morgan fingerprint density at radius 3 is 1.92 bits per heavy atom. The Bertz CT molecular complexity index is 585. The van der Waals surface area contributed by atoms with Crippen LogP contribution in [-0.2, 0) is 9.59 Å². The van der Waals surface area contributed by atoms with Gasteiger partial charge >= 0.3 is 0 Å². The molecular formula is C19H28N2O3. The van der Waals surface area contributed by atoms with Gasteiger partial charge in [-0.2, -0.15) is 0 Å². The summed E-state index contributed by atoms with van der Waals surface area (Å²) in [6, 6.07) is 6.66. The van der Waals surface area contributed by atoms with E-state index in [1.54, 1.807) is 43.0 Å². The lowest BCUT2D eigenvalue weighted by Crippen LogP contribution is -2.47. The first kappa shape index (κ1) is 19.9. The van der Waals surface area contributed by atoms with Gasteiger partial charge in [0.1, 0.15) is 5.41 Å². The van der Waals surface area contributed by atoms with Gasteiger partial charge in [-0.1, -0.05) is 13.8 Å². The number of carbonyl (C=O) groups is 3. The van der Waals surface area contributed by atoms with Crippen LogP contribution in [0.25, 0.3) is 0 Å². The first-order valence-corrected chi connectivity index (χ1v) is 8.45. The monoisotopic (exact) mass is 332 g/mol. The van der Waals surface area contributed by atoms with Crippen LogP contribution in [0.4, 0.5) is 5.69 Å². The van der Waals surface area contributed by atoms with Crippen LogP contribution in [0.3, 0.4) is 0 Å². The van der Waals surface area contributed by atoms with Gasteiger partial charge in [0.05, 0.1) is 0 Å². The molecule has 0 aromatic heterocycles. The Hall–Kier alpha value is -2.17. The molecule has 1 N–H and O–H groups in total. The number of Topliss-reactive ketones (excluding diaryl/α,β-unsaturated/α-hetero) is 1. The van der Waals surface area contributed by atoms with Crippen LogP contribution >= 0.6 is 0 Å². The van der Waals surface area contributed by atoms with Crippen molar-refractivity contribution in [3.63, 3.8) is 0 Å². The van der Waals surface area contributed by atoms with Crippen molar-refractivity contribution in [1.82, 2.24) is 4.90 Å². The zero-order valence-corrected chi connectivity index (χ0v) is 15.3. The molecule has 0 spiro atoms. The van der Waals surface area contributed by atoms with Crippen molar-refractivity contribution < 1.29 is 14.4 Å². The molecule has 2 amide bonds. The number of rotatable bonds is 8. The number of amides is 2. The summed E-state index contributed by atoms with van der Waals surface area (Å²) in [4.78, 5) is 38.4. The quantitative estimate of drug-likeness (QED) is 0.585. The lowest BCUT2D eigenvalue weighted by atomic mass is 9.90. The zero-order valence-electron chi connectivity index (χ0n) is 15.3. The van der Waals surface area contributed by atoms with Gasteiger partial charge in [-0.25, -0.2) is 0 Å². The molecule has 24 heavy (non-hydrogen) atoms. The number of benzene rings is 1. The van der Waals surface area contributed by atoms with Crippen molar-refractivity contribution in [2.24, 2.45) is 5.41 Å². The predicted octanol–water partition coefficient (Wildman–Crippen LogP) is 3.50. The Kier molecular flexibility index (Phi) is 7.14. The minimum absolute atomic E-state index is 0.0295. The van der Waals surface area contributed by atoms with Gasteiger partial charge < -0.3 is 10.2 Å². The number of anilines is 1. The van der Waals surface area contributed by atoms with Crippen molar-refractivity contribution in [1.29, 1.82) is 0 Å². The molecule has 0 radical (unpaired) electrons. The molecule has 0 fully saturated rings. The van der Waals surface area contributed by atoms with Crippen LogP contribution in [0.2, 0.25) is 0 Å². The largest absolute Gasteiger partial charge is 0.342 e. The fourth-order valence-corrected chi connectivity index (χ4v) is 2.42. The molecule has 5 heteroatoms. The van der Waals surface area contributed by atoms with E-state index in [0.29, 0.717) is 24.3 Å². The molecule has 0 bridgehead atoms. The number of ketones is 1.